The van der Waals surface area contributed by atoms with E-state index in [1.54, 1.807) is 33.7 Å². The number of anilines is 1. The van der Waals surface area contributed by atoms with Crippen LogP contribution in [-0.2, 0) is 6.54 Å². The Hall–Kier alpha value is -3.81. The summed E-state index contributed by atoms with van der Waals surface area (Å²) in [4.78, 5) is 9.07. The van der Waals surface area contributed by atoms with Crippen LogP contribution in [0.15, 0.2) is 48.8 Å². The molecule has 154 valence electrons. The molecular formula is C22H23N5O3. The molecule has 0 unspecified atom stereocenters. The van der Waals surface area contributed by atoms with Crippen LogP contribution in [0, 0.1) is 6.92 Å². The topological polar surface area (TPSA) is 83.3 Å². The molecule has 0 aliphatic heterocycles. The van der Waals surface area contributed by atoms with Crippen LogP contribution in [0.3, 0.4) is 0 Å². The molecule has 0 amide bonds. The third kappa shape index (κ3) is 3.71. The standard InChI is InChI=1S/C22H23N5O3/c1-14-6-5-7-17(8-14)27-21-16(13-25-27)12-24-22(26-21)23-11-15-9-18(28-2)20(30-4)19(10-15)29-3/h5-10,12-13H,11H2,1-4H3,(H,23,24,26). The summed E-state index contributed by atoms with van der Waals surface area (Å²) in [5, 5.41) is 8.60. The zero-order chi connectivity index (χ0) is 21.1. The Balaban J connectivity index is 1.61. The summed E-state index contributed by atoms with van der Waals surface area (Å²) in [6.07, 6.45) is 3.53. The zero-order valence-corrected chi connectivity index (χ0v) is 17.3. The van der Waals surface area contributed by atoms with Crippen LogP contribution < -0.4 is 19.5 Å². The van der Waals surface area contributed by atoms with Crippen LogP contribution in [-0.4, -0.2) is 41.1 Å². The van der Waals surface area contributed by atoms with E-state index in [9.17, 15) is 0 Å². The molecule has 2 heterocycles. The molecule has 0 aliphatic rings. The number of rotatable bonds is 7. The van der Waals surface area contributed by atoms with Gasteiger partial charge >= 0.3 is 0 Å². The monoisotopic (exact) mass is 405 g/mol. The van der Waals surface area contributed by atoms with E-state index in [0.717, 1.165) is 27.8 Å². The Morgan fingerprint density at radius 1 is 0.967 bits per heavy atom. The number of methoxy groups -OCH3 is 3. The fourth-order valence-electron chi connectivity index (χ4n) is 3.27. The maximum atomic E-state index is 5.42. The van der Waals surface area contributed by atoms with Crippen LogP contribution >= 0.6 is 0 Å². The first kappa shape index (κ1) is 19.5. The number of fused-ring (bicyclic) bond motifs is 1. The third-order valence-corrected chi connectivity index (χ3v) is 4.73. The van der Waals surface area contributed by atoms with E-state index in [1.807, 2.05) is 28.9 Å². The largest absolute Gasteiger partial charge is 0.493 e. The number of benzene rings is 2. The number of nitrogens with one attached hydrogen (secondary N) is 1. The number of aryl methyl sites for hydroxylation is 1. The van der Waals surface area contributed by atoms with Gasteiger partial charge in [-0.1, -0.05) is 12.1 Å². The SMILES string of the molecule is COc1cc(CNc2ncc3cnn(-c4cccc(C)c4)c3n2)cc(OC)c1OC. The molecule has 1 N–H and O–H groups in total. The molecule has 4 rings (SSSR count). The van der Waals surface area contributed by atoms with Crippen LogP contribution in [0.2, 0.25) is 0 Å². The molecule has 0 bridgehead atoms. The van der Waals surface area contributed by atoms with Crippen LogP contribution in [0.25, 0.3) is 16.7 Å². The molecule has 0 saturated carbocycles. The van der Waals surface area contributed by atoms with E-state index in [2.05, 4.69) is 39.4 Å². The van der Waals surface area contributed by atoms with Crippen molar-refractivity contribution in [2.75, 3.05) is 26.6 Å². The van der Waals surface area contributed by atoms with Gasteiger partial charge in [0.05, 0.1) is 38.6 Å². The molecule has 4 aromatic rings. The molecular weight excluding hydrogens is 382 g/mol. The van der Waals surface area contributed by atoms with Crippen molar-refractivity contribution in [3.05, 3.63) is 59.9 Å². The lowest BCUT2D eigenvalue weighted by molar-refractivity contribution is 0.324. The highest BCUT2D eigenvalue weighted by Gasteiger charge is 2.14. The Morgan fingerprint density at radius 2 is 1.73 bits per heavy atom. The van der Waals surface area contributed by atoms with Gasteiger partial charge in [0, 0.05) is 12.7 Å². The summed E-state index contributed by atoms with van der Waals surface area (Å²) < 4.78 is 18.0. The second-order valence-electron chi connectivity index (χ2n) is 6.76. The molecule has 0 aliphatic carbocycles. The highest BCUT2D eigenvalue weighted by molar-refractivity contribution is 5.76. The number of aromatic nitrogens is 4. The predicted octanol–water partition coefficient (Wildman–Crippen LogP) is 3.76. The molecule has 0 atom stereocenters. The molecule has 0 spiro atoms. The average Bonchev–Trinajstić information content (AvgIpc) is 3.20. The minimum absolute atomic E-state index is 0.487. The molecule has 0 radical (unpaired) electrons. The van der Waals surface area contributed by atoms with Gasteiger partial charge in [-0.15, -0.1) is 0 Å². The normalized spacial score (nSPS) is 10.8. The Bertz CT molecular complexity index is 1160. The summed E-state index contributed by atoms with van der Waals surface area (Å²) in [5.41, 5.74) is 3.80. The van der Waals surface area contributed by atoms with Crippen molar-refractivity contribution in [1.82, 2.24) is 19.7 Å². The van der Waals surface area contributed by atoms with Gasteiger partial charge in [0.25, 0.3) is 0 Å². The van der Waals surface area contributed by atoms with Crippen molar-refractivity contribution in [3.63, 3.8) is 0 Å². The fraction of sp³-hybridized carbons (Fsp3) is 0.227. The quantitative estimate of drug-likeness (QED) is 0.501. The minimum atomic E-state index is 0.487. The predicted molar refractivity (Wildman–Crippen MR) is 115 cm³/mol. The van der Waals surface area contributed by atoms with Gasteiger partial charge in [-0.3, -0.25) is 0 Å². The smallest absolute Gasteiger partial charge is 0.224 e. The van der Waals surface area contributed by atoms with Gasteiger partial charge in [0.1, 0.15) is 0 Å². The average molecular weight is 405 g/mol. The lowest BCUT2D eigenvalue weighted by Gasteiger charge is -2.14. The molecule has 0 fully saturated rings. The van der Waals surface area contributed by atoms with E-state index in [0.29, 0.717) is 29.7 Å². The van der Waals surface area contributed by atoms with Crippen molar-refractivity contribution in [2.24, 2.45) is 0 Å². The summed E-state index contributed by atoms with van der Waals surface area (Å²) in [5.74, 6) is 2.26. The van der Waals surface area contributed by atoms with E-state index < -0.39 is 0 Å². The lowest BCUT2D eigenvalue weighted by Crippen LogP contribution is -2.06. The Kier molecular flexibility index (Phi) is 5.38. The van der Waals surface area contributed by atoms with Gasteiger partial charge in [0.2, 0.25) is 11.7 Å². The summed E-state index contributed by atoms with van der Waals surface area (Å²) in [6, 6.07) is 11.9. The maximum Gasteiger partial charge on any atom is 0.224 e. The first-order valence-corrected chi connectivity index (χ1v) is 9.43. The fourth-order valence-corrected chi connectivity index (χ4v) is 3.27. The zero-order valence-electron chi connectivity index (χ0n) is 17.3. The second-order valence-corrected chi connectivity index (χ2v) is 6.76. The van der Waals surface area contributed by atoms with Crippen LogP contribution in [0.5, 0.6) is 17.2 Å². The number of hydrogen-bond donors (Lipinski definition) is 1. The molecule has 30 heavy (non-hydrogen) atoms. The molecule has 0 saturated heterocycles. The summed E-state index contributed by atoms with van der Waals surface area (Å²) in [6.45, 7) is 2.54. The van der Waals surface area contributed by atoms with E-state index in [1.165, 1.54) is 0 Å². The van der Waals surface area contributed by atoms with Crippen molar-refractivity contribution in [2.45, 2.75) is 13.5 Å². The maximum absolute atomic E-state index is 5.42. The van der Waals surface area contributed by atoms with Gasteiger partial charge < -0.3 is 19.5 Å². The lowest BCUT2D eigenvalue weighted by atomic mass is 10.2. The first-order valence-electron chi connectivity index (χ1n) is 9.43. The molecule has 8 nitrogen and oxygen atoms in total. The minimum Gasteiger partial charge on any atom is -0.493 e. The summed E-state index contributed by atoms with van der Waals surface area (Å²) >= 11 is 0. The molecule has 2 aromatic carbocycles. The number of ether oxygens (including phenoxy) is 3. The Morgan fingerprint density at radius 3 is 2.40 bits per heavy atom. The van der Waals surface area contributed by atoms with E-state index in [-0.39, 0.29) is 0 Å². The summed E-state index contributed by atoms with van der Waals surface area (Å²) in [7, 11) is 4.77. The van der Waals surface area contributed by atoms with Crippen molar-refractivity contribution in [1.29, 1.82) is 0 Å². The van der Waals surface area contributed by atoms with Crippen molar-refractivity contribution >= 4 is 17.0 Å². The van der Waals surface area contributed by atoms with E-state index >= 15 is 0 Å². The second kappa shape index (κ2) is 8.28. The van der Waals surface area contributed by atoms with Gasteiger partial charge in [-0.2, -0.15) is 10.1 Å². The third-order valence-electron chi connectivity index (χ3n) is 4.73. The molecule has 2 aromatic heterocycles. The number of nitrogens with zero attached hydrogens (tertiary/aromatic N) is 4. The Labute approximate surface area is 174 Å². The van der Waals surface area contributed by atoms with Crippen molar-refractivity contribution < 1.29 is 14.2 Å². The van der Waals surface area contributed by atoms with Crippen LogP contribution in [0.4, 0.5) is 5.95 Å². The first-order chi connectivity index (χ1) is 14.6. The van der Waals surface area contributed by atoms with E-state index in [4.69, 9.17) is 14.2 Å². The van der Waals surface area contributed by atoms with Gasteiger partial charge in [0.15, 0.2) is 17.1 Å². The van der Waals surface area contributed by atoms with Crippen LogP contribution in [0.1, 0.15) is 11.1 Å². The van der Waals surface area contributed by atoms with Crippen molar-refractivity contribution in [3.8, 4) is 22.9 Å². The van der Waals surface area contributed by atoms with Gasteiger partial charge in [-0.05, 0) is 42.3 Å². The molecule has 8 heteroatoms. The highest BCUT2D eigenvalue weighted by Crippen LogP contribution is 2.38. The highest BCUT2D eigenvalue weighted by atomic mass is 16.5. The number of hydrogen-bond acceptors (Lipinski definition) is 7. The van der Waals surface area contributed by atoms with Gasteiger partial charge in [-0.25, -0.2) is 9.67 Å².